The third kappa shape index (κ3) is 3.61. The summed E-state index contributed by atoms with van der Waals surface area (Å²) in [4.78, 5) is 12.7. The first-order chi connectivity index (χ1) is 12.4. The lowest BCUT2D eigenvalue weighted by atomic mass is 10.2. The summed E-state index contributed by atoms with van der Waals surface area (Å²) in [5.41, 5.74) is 3.65. The number of nitrogens with one attached hydrogen (secondary N) is 1. The van der Waals surface area contributed by atoms with Crippen LogP contribution in [0.3, 0.4) is 0 Å². The number of carbonyl (C=O) groups is 1. The van der Waals surface area contributed by atoms with Gasteiger partial charge in [-0.3, -0.25) is 14.2 Å². The van der Waals surface area contributed by atoms with Crippen molar-refractivity contribution in [2.24, 2.45) is 0 Å². The van der Waals surface area contributed by atoms with Crippen molar-refractivity contribution in [3.63, 3.8) is 0 Å². The lowest BCUT2D eigenvalue weighted by Gasteiger charge is -2.09. The molecule has 0 radical (unpaired) electrons. The number of amides is 1. The van der Waals surface area contributed by atoms with Gasteiger partial charge in [0.1, 0.15) is 5.69 Å². The summed E-state index contributed by atoms with van der Waals surface area (Å²) < 4.78 is 3.41. The number of anilines is 1. The molecule has 2 heterocycles. The average Bonchev–Trinajstić information content (AvgIpc) is 3.09. The minimum absolute atomic E-state index is 0.303. The van der Waals surface area contributed by atoms with Gasteiger partial charge in [0.05, 0.1) is 34.8 Å². The maximum atomic E-state index is 12.7. The highest BCUT2D eigenvalue weighted by Crippen LogP contribution is 2.23. The fourth-order valence-corrected chi connectivity index (χ4v) is 3.28. The summed E-state index contributed by atoms with van der Waals surface area (Å²) in [5, 5.41) is 12.6. The molecule has 0 saturated carbocycles. The van der Waals surface area contributed by atoms with Crippen molar-refractivity contribution in [3.8, 4) is 0 Å². The largest absolute Gasteiger partial charge is 0.317 e. The van der Waals surface area contributed by atoms with Gasteiger partial charge in [-0.05, 0) is 38.5 Å². The maximum absolute atomic E-state index is 12.7. The van der Waals surface area contributed by atoms with Crippen LogP contribution in [-0.4, -0.2) is 25.5 Å². The Labute approximate surface area is 161 Å². The fourth-order valence-electron chi connectivity index (χ4n) is 2.84. The van der Waals surface area contributed by atoms with E-state index in [4.69, 9.17) is 23.2 Å². The second kappa shape index (κ2) is 7.51. The van der Waals surface area contributed by atoms with Crippen LogP contribution in [0.4, 0.5) is 5.69 Å². The molecule has 0 spiro atoms. The molecule has 0 unspecified atom stereocenters. The van der Waals surface area contributed by atoms with Crippen molar-refractivity contribution in [2.75, 3.05) is 5.32 Å². The summed E-state index contributed by atoms with van der Waals surface area (Å²) in [6.07, 6.45) is 1.47. The summed E-state index contributed by atoms with van der Waals surface area (Å²) in [7, 11) is 0. The van der Waals surface area contributed by atoms with Gasteiger partial charge in [-0.25, -0.2) is 0 Å². The summed E-state index contributed by atoms with van der Waals surface area (Å²) in [6, 6.07) is 7.62. The number of rotatable bonds is 5. The molecule has 26 heavy (non-hydrogen) atoms. The summed E-state index contributed by atoms with van der Waals surface area (Å²) >= 11 is 12.2. The van der Waals surface area contributed by atoms with Crippen molar-refractivity contribution in [2.45, 2.75) is 33.9 Å². The highest BCUT2D eigenvalue weighted by Gasteiger charge is 2.20. The first-order valence-electron chi connectivity index (χ1n) is 8.21. The molecule has 0 aliphatic rings. The van der Waals surface area contributed by atoms with Crippen molar-refractivity contribution >= 4 is 34.8 Å². The van der Waals surface area contributed by atoms with Crippen molar-refractivity contribution in [3.05, 3.63) is 63.2 Å². The zero-order chi connectivity index (χ0) is 18.8. The Morgan fingerprint density at radius 1 is 1.23 bits per heavy atom. The third-order valence-electron chi connectivity index (χ3n) is 4.15. The van der Waals surface area contributed by atoms with E-state index in [9.17, 15) is 4.79 Å². The number of aromatic nitrogens is 4. The molecule has 0 bridgehead atoms. The van der Waals surface area contributed by atoms with Gasteiger partial charge in [0.15, 0.2) is 0 Å². The molecule has 0 atom stereocenters. The van der Waals surface area contributed by atoms with Crippen LogP contribution in [0.5, 0.6) is 0 Å². The lowest BCUT2D eigenvalue weighted by molar-refractivity contribution is 0.101. The highest BCUT2D eigenvalue weighted by molar-refractivity contribution is 6.34. The van der Waals surface area contributed by atoms with Gasteiger partial charge in [0, 0.05) is 11.6 Å². The molecule has 3 aromatic rings. The molecule has 1 amide bonds. The standard InChI is InChI=1S/C18H19Cl2N5O/c1-4-24-17(15(20)9-21-24)18(26)22-16-11(2)23-25(12(16)3)10-13-6-5-7-14(19)8-13/h5-9H,4,10H2,1-3H3,(H,22,26). The van der Waals surface area contributed by atoms with E-state index < -0.39 is 0 Å². The van der Waals surface area contributed by atoms with Gasteiger partial charge in [-0.2, -0.15) is 10.2 Å². The third-order valence-corrected chi connectivity index (χ3v) is 4.66. The SMILES string of the molecule is CCn1ncc(Cl)c1C(=O)Nc1c(C)nn(Cc2cccc(Cl)c2)c1C. The van der Waals surface area contributed by atoms with Gasteiger partial charge in [-0.15, -0.1) is 0 Å². The van der Waals surface area contributed by atoms with Gasteiger partial charge in [0.25, 0.3) is 5.91 Å². The minimum atomic E-state index is -0.303. The van der Waals surface area contributed by atoms with Crippen LogP contribution in [0.2, 0.25) is 10.0 Å². The van der Waals surface area contributed by atoms with Gasteiger partial charge in [-0.1, -0.05) is 35.3 Å². The normalized spacial score (nSPS) is 11.0. The minimum Gasteiger partial charge on any atom is -0.317 e. The molecule has 6 nitrogen and oxygen atoms in total. The quantitative estimate of drug-likeness (QED) is 0.703. The summed E-state index contributed by atoms with van der Waals surface area (Å²) in [6.45, 7) is 6.80. The molecule has 1 N–H and O–H groups in total. The van der Waals surface area contributed by atoms with E-state index in [0.29, 0.717) is 34.5 Å². The van der Waals surface area contributed by atoms with Crippen LogP contribution in [0.1, 0.15) is 34.4 Å². The predicted molar refractivity (Wildman–Crippen MR) is 103 cm³/mol. The van der Waals surface area contributed by atoms with Crippen LogP contribution >= 0.6 is 23.2 Å². The molecule has 136 valence electrons. The zero-order valence-electron chi connectivity index (χ0n) is 14.8. The van der Waals surface area contributed by atoms with Gasteiger partial charge >= 0.3 is 0 Å². The van der Waals surface area contributed by atoms with E-state index in [1.165, 1.54) is 6.20 Å². The van der Waals surface area contributed by atoms with Crippen molar-refractivity contribution in [1.29, 1.82) is 0 Å². The van der Waals surface area contributed by atoms with Crippen LogP contribution in [-0.2, 0) is 13.1 Å². The number of hydrogen-bond donors (Lipinski definition) is 1. The predicted octanol–water partition coefficient (Wildman–Crippen LogP) is 4.32. The molecular formula is C18H19Cl2N5O. The Bertz CT molecular complexity index is 961. The lowest BCUT2D eigenvalue weighted by Crippen LogP contribution is -2.18. The van der Waals surface area contributed by atoms with Crippen LogP contribution in [0.25, 0.3) is 0 Å². The Hall–Kier alpha value is -2.31. The Kier molecular flexibility index (Phi) is 5.34. The monoisotopic (exact) mass is 391 g/mol. The van der Waals surface area contributed by atoms with Crippen molar-refractivity contribution in [1.82, 2.24) is 19.6 Å². The Morgan fingerprint density at radius 3 is 2.69 bits per heavy atom. The van der Waals surface area contributed by atoms with E-state index >= 15 is 0 Å². The van der Waals surface area contributed by atoms with Gasteiger partial charge in [0.2, 0.25) is 0 Å². The number of aryl methyl sites for hydroxylation is 2. The number of hydrogen-bond acceptors (Lipinski definition) is 3. The van der Waals surface area contributed by atoms with E-state index in [0.717, 1.165) is 17.0 Å². The molecule has 0 fully saturated rings. The maximum Gasteiger partial charge on any atom is 0.275 e. The highest BCUT2D eigenvalue weighted by atomic mass is 35.5. The van der Waals surface area contributed by atoms with Crippen LogP contribution in [0.15, 0.2) is 30.5 Å². The Morgan fingerprint density at radius 2 is 2.00 bits per heavy atom. The van der Waals surface area contributed by atoms with E-state index in [1.807, 2.05) is 49.7 Å². The van der Waals surface area contributed by atoms with E-state index in [-0.39, 0.29) is 5.91 Å². The smallest absolute Gasteiger partial charge is 0.275 e. The zero-order valence-corrected chi connectivity index (χ0v) is 16.3. The molecule has 2 aromatic heterocycles. The molecule has 1 aromatic carbocycles. The number of nitrogens with zero attached hydrogens (tertiary/aromatic N) is 4. The van der Waals surface area contributed by atoms with Crippen LogP contribution < -0.4 is 5.32 Å². The first kappa shape index (κ1) is 18.5. The molecule has 0 saturated heterocycles. The average molecular weight is 392 g/mol. The molecular weight excluding hydrogens is 373 g/mol. The number of benzene rings is 1. The molecule has 8 heteroatoms. The second-order valence-electron chi connectivity index (χ2n) is 5.94. The topological polar surface area (TPSA) is 64.7 Å². The second-order valence-corrected chi connectivity index (χ2v) is 6.79. The number of halogens is 2. The van der Waals surface area contributed by atoms with Gasteiger partial charge < -0.3 is 5.32 Å². The molecule has 0 aliphatic carbocycles. The van der Waals surface area contributed by atoms with E-state index in [1.54, 1.807) is 4.68 Å². The summed E-state index contributed by atoms with van der Waals surface area (Å²) in [5.74, 6) is -0.303. The van der Waals surface area contributed by atoms with E-state index in [2.05, 4.69) is 15.5 Å². The number of carbonyl (C=O) groups excluding carboxylic acids is 1. The van der Waals surface area contributed by atoms with Crippen LogP contribution in [0, 0.1) is 13.8 Å². The Balaban J connectivity index is 1.86. The molecule has 3 rings (SSSR count). The first-order valence-corrected chi connectivity index (χ1v) is 8.97. The molecule has 0 aliphatic heterocycles. The van der Waals surface area contributed by atoms with Crippen molar-refractivity contribution < 1.29 is 4.79 Å². The fraction of sp³-hybridized carbons (Fsp3) is 0.278.